The molecule has 0 saturated heterocycles. The predicted octanol–water partition coefficient (Wildman–Crippen LogP) is 5.75. The van der Waals surface area contributed by atoms with Gasteiger partial charge in [0.05, 0.1) is 28.6 Å². The molecule has 1 N–H and O–H groups in total. The van der Waals surface area contributed by atoms with Crippen LogP contribution in [0.4, 0.5) is 5.69 Å². The Bertz CT molecular complexity index is 1060. The van der Waals surface area contributed by atoms with Crippen LogP contribution >= 0.6 is 46.6 Å². The Morgan fingerprint density at radius 1 is 1.19 bits per heavy atom. The summed E-state index contributed by atoms with van der Waals surface area (Å²) in [4.78, 5) is 12.4. The number of allylic oxidation sites excluding steroid dienone is 1. The summed E-state index contributed by atoms with van der Waals surface area (Å²) in [5.74, 6) is 1.39. The van der Waals surface area contributed by atoms with Crippen molar-refractivity contribution in [2.45, 2.75) is 18.1 Å². The molecule has 0 aliphatic heterocycles. The van der Waals surface area contributed by atoms with Crippen molar-refractivity contribution in [3.8, 4) is 5.75 Å². The highest BCUT2D eigenvalue weighted by Crippen LogP contribution is 2.34. The monoisotopic (exact) mass is 496 g/mol. The molecule has 0 unspecified atom stereocenters. The van der Waals surface area contributed by atoms with E-state index in [1.807, 2.05) is 28.8 Å². The smallest absolute Gasteiger partial charge is 0.234 e. The summed E-state index contributed by atoms with van der Waals surface area (Å²) < 4.78 is 7.12. The molecule has 1 aromatic heterocycles. The Hall–Kier alpha value is -2.19. The average Bonchev–Trinajstić information content (AvgIpc) is 3.11. The summed E-state index contributed by atoms with van der Waals surface area (Å²) in [5.41, 5.74) is 1.39. The minimum Gasteiger partial charge on any atom is -0.497 e. The number of ether oxygens (including phenoxy) is 1. The maximum absolute atomic E-state index is 12.4. The normalized spacial score (nSPS) is 10.7. The van der Waals surface area contributed by atoms with Crippen LogP contribution in [0.3, 0.4) is 0 Å². The number of nitrogens with zero attached hydrogens (tertiary/aromatic N) is 3. The van der Waals surface area contributed by atoms with Crippen molar-refractivity contribution in [3.63, 3.8) is 0 Å². The molecule has 3 rings (SSSR count). The van der Waals surface area contributed by atoms with Crippen molar-refractivity contribution in [1.29, 1.82) is 0 Å². The summed E-state index contributed by atoms with van der Waals surface area (Å²) in [7, 11) is 1.63. The molecule has 1 amide bonds. The van der Waals surface area contributed by atoms with E-state index in [-0.39, 0.29) is 21.7 Å². The fourth-order valence-electron chi connectivity index (χ4n) is 2.76. The first-order valence-corrected chi connectivity index (χ1v) is 11.3. The van der Waals surface area contributed by atoms with Crippen LogP contribution in [0.15, 0.2) is 54.2 Å². The van der Waals surface area contributed by atoms with Gasteiger partial charge in [0.15, 0.2) is 5.16 Å². The molecular weight excluding hydrogens is 479 g/mol. The summed E-state index contributed by atoms with van der Waals surface area (Å²) in [6, 6.07) is 10.8. The fourth-order valence-corrected chi connectivity index (χ4v) is 4.44. The molecule has 1 heterocycles. The SMILES string of the molecule is C=CCn1c(Cc2ccc(OC)cc2)nnc1SCC(=O)Nc1c(Cl)cc(Cl)cc1Cl. The zero-order valence-electron chi connectivity index (χ0n) is 16.6. The summed E-state index contributed by atoms with van der Waals surface area (Å²) in [6.07, 6.45) is 2.35. The van der Waals surface area contributed by atoms with E-state index < -0.39 is 0 Å². The minimum atomic E-state index is -0.277. The highest BCUT2D eigenvalue weighted by atomic mass is 35.5. The molecule has 0 aliphatic carbocycles. The molecule has 0 radical (unpaired) electrons. The lowest BCUT2D eigenvalue weighted by atomic mass is 10.1. The Morgan fingerprint density at radius 3 is 2.48 bits per heavy atom. The quantitative estimate of drug-likeness (QED) is 0.301. The van der Waals surface area contributed by atoms with Gasteiger partial charge >= 0.3 is 0 Å². The predicted molar refractivity (Wildman–Crippen MR) is 127 cm³/mol. The number of benzene rings is 2. The lowest BCUT2D eigenvalue weighted by Gasteiger charge is -2.10. The number of methoxy groups -OCH3 is 1. The molecule has 0 fully saturated rings. The van der Waals surface area contributed by atoms with Crippen LogP contribution in [0.25, 0.3) is 0 Å². The number of hydrogen-bond acceptors (Lipinski definition) is 5. The first-order valence-electron chi connectivity index (χ1n) is 9.14. The molecule has 0 bridgehead atoms. The summed E-state index contributed by atoms with van der Waals surface area (Å²) in [6.45, 7) is 4.33. The Kier molecular flexibility index (Phi) is 8.26. The molecule has 2 aromatic carbocycles. The van der Waals surface area contributed by atoms with Gasteiger partial charge in [0.25, 0.3) is 0 Å². The van der Waals surface area contributed by atoms with Gasteiger partial charge in [-0.3, -0.25) is 4.79 Å². The van der Waals surface area contributed by atoms with Gasteiger partial charge in [-0.1, -0.05) is 64.8 Å². The number of carbonyl (C=O) groups excluding carboxylic acids is 1. The number of thioether (sulfide) groups is 1. The first kappa shape index (κ1) is 23.5. The first-order chi connectivity index (χ1) is 14.9. The number of carbonyl (C=O) groups is 1. The van der Waals surface area contributed by atoms with Gasteiger partial charge in [-0.2, -0.15) is 0 Å². The standard InChI is InChI=1S/C21H19Cl3N4O2S/c1-3-8-28-18(9-13-4-6-15(30-2)7-5-13)26-27-21(28)31-12-19(29)25-20-16(23)10-14(22)11-17(20)24/h3-7,10-11H,1,8-9,12H2,2H3,(H,25,29). The van der Waals surface area contributed by atoms with E-state index in [4.69, 9.17) is 39.5 Å². The third-order valence-corrected chi connectivity index (χ3v) is 6.01. The number of hydrogen-bond donors (Lipinski definition) is 1. The molecule has 3 aromatic rings. The van der Waals surface area contributed by atoms with E-state index in [1.54, 1.807) is 13.2 Å². The highest BCUT2D eigenvalue weighted by molar-refractivity contribution is 7.99. The molecule has 31 heavy (non-hydrogen) atoms. The molecule has 0 spiro atoms. The summed E-state index contributed by atoms with van der Waals surface area (Å²) in [5, 5.41) is 12.8. The molecule has 10 heteroatoms. The topological polar surface area (TPSA) is 69.0 Å². The fraction of sp³-hybridized carbons (Fsp3) is 0.190. The largest absolute Gasteiger partial charge is 0.497 e. The van der Waals surface area contributed by atoms with Crippen LogP contribution in [0.1, 0.15) is 11.4 Å². The van der Waals surface area contributed by atoms with Gasteiger partial charge in [0, 0.05) is 18.0 Å². The third-order valence-electron chi connectivity index (χ3n) is 4.23. The number of rotatable bonds is 9. The molecule has 0 saturated carbocycles. The minimum absolute atomic E-state index is 0.104. The van der Waals surface area contributed by atoms with Gasteiger partial charge in [-0.25, -0.2) is 0 Å². The van der Waals surface area contributed by atoms with Gasteiger partial charge in [0.1, 0.15) is 11.6 Å². The van der Waals surface area contributed by atoms with Gasteiger partial charge in [-0.15, -0.1) is 16.8 Å². The van der Waals surface area contributed by atoms with Gasteiger partial charge < -0.3 is 14.6 Å². The van der Waals surface area contributed by atoms with Gasteiger partial charge in [0.2, 0.25) is 5.91 Å². The van der Waals surface area contributed by atoms with Crippen LogP contribution < -0.4 is 10.1 Å². The second kappa shape index (κ2) is 10.9. The lowest BCUT2D eigenvalue weighted by molar-refractivity contribution is -0.113. The maximum Gasteiger partial charge on any atom is 0.234 e. The zero-order valence-corrected chi connectivity index (χ0v) is 19.7. The Morgan fingerprint density at radius 2 is 1.87 bits per heavy atom. The average molecular weight is 498 g/mol. The van der Waals surface area contributed by atoms with Crippen molar-refractivity contribution in [3.05, 3.63) is 75.5 Å². The number of aromatic nitrogens is 3. The van der Waals surface area contributed by atoms with Crippen molar-refractivity contribution >= 4 is 58.2 Å². The highest BCUT2D eigenvalue weighted by Gasteiger charge is 2.16. The van der Waals surface area contributed by atoms with Crippen molar-refractivity contribution in [1.82, 2.24) is 14.8 Å². The maximum atomic E-state index is 12.4. The second-order valence-electron chi connectivity index (χ2n) is 6.40. The Balaban J connectivity index is 1.68. The number of anilines is 1. The van der Waals surface area contributed by atoms with Crippen LogP contribution in [-0.4, -0.2) is 33.5 Å². The van der Waals surface area contributed by atoms with E-state index >= 15 is 0 Å². The van der Waals surface area contributed by atoms with E-state index in [1.165, 1.54) is 23.9 Å². The number of halogens is 3. The molecule has 162 valence electrons. The van der Waals surface area contributed by atoms with Crippen LogP contribution in [-0.2, 0) is 17.8 Å². The van der Waals surface area contributed by atoms with Gasteiger partial charge in [-0.05, 0) is 29.8 Å². The van der Waals surface area contributed by atoms with E-state index in [0.717, 1.165) is 17.1 Å². The van der Waals surface area contributed by atoms with E-state index in [9.17, 15) is 4.79 Å². The summed E-state index contributed by atoms with van der Waals surface area (Å²) >= 11 is 19.4. The molecule has 0 aliphatic rings. The third kappa shape index (κ3) is 6.17. The second-order valence-corrected chi connectivity index (χ2v) is 8.60. The lowest BCUT2D eigenvalue weighted by Crippen LogP contribution is -2.15. The van der Waals surface area contributed by atoms with Crippen molar-refractivity contribution in [2.75, 3.05) is 18.2 Å². The zero-order chi connectivity index (χ0) is 22.4. The van der Waals surface area contributed by atoms with Crippen molar-refractivity contribution < 1.29 is 9.53 Å². The molecular formula is C21H19Cl3N4O2S. The Labute approximate surface area is 199 Å². The molecule has 6 nitrogen and oxygen atoms in total. The number of amides is 1. The van der Waals surface area contributed by atoms with Crippen LogP contribution in [0.5, 0.6) is 5.75 Å². The van der Waals surface area contributed by atoms with E-state index in [0.29, 0.717) is 28.8 Å². The number of nitrogens with one attached hydrogen (secondary N) is 1. The van der Waals surface area contributed by atoms with E-state index in [2.05, 4.69) is 22.1 Å². The molecule has 0 atom stereocenters. The van der Waals surface area contributed by atoms with Crippen LogP contribution in [0.2, 0.25) is 15.1 Å². The van der Waals surface area contributed by atoms with Crippen LogP contribution in [0, 0.1) is 0 Å². The van der Waals surface area contributed by atoms with Crippen molar-refractivity contribution in [2.24, 2.45) is 0 Å².